The molecule has 0 spiro atoms. The van der Waals surface area contributed by atoms with E-state index in [0.29, 0.717) is 6.10 Å². The van der Waals surface area contributed by atoms with Crippen molar-refractivity contribution in [3.63, 3.8) is 0 Å². The molecule has 1 fully saturated rings. The second kappa shape index (κ2) is 8.21. The van der Waals surface area contributed by atoms with E-state index in [1.165, 1.54) is 6.04 Å². The van der Waals surface area contributed by atoms with Crippen LogP contribution in [0.1, 0.15) is 6.42 Å². The zero-order valence-electron chi connectivity index (χ0n) is 14.0. The number of rotatable bonds is 11. The highest BCUT2D eigenvalue weighted by atomic mass is 28.4. The molecular formula is C13H32O4Si3. The fourth-order valence-corrected chi connectivity index (χ4v) is 8.36. The van der Waals surface area contributed by atoms with Gasteiger partial charge >= 0.3 is 0 Å². The Morgan fingerprint density at radius 2 is 1.65 bits per heavy atom. The van der Waals surface area contributed by atoms with Crippen LogP contribution in [0.4, 0.5) is 0 Å². The van der Waals surface area contributed by atoms with Gasteiger partial charge < -0.3 is 18.3 Å². The summed E-state index contributed by atoms with van der Waals surface area (Å²) in [4.78, 5) is 0. The van der Waals surface area contributed by atoms with Crippen LogP contribution in [0, 0.1) is 0 Å². The molecule has 1 saturated heterocycles. The van der Waals surface area contributed by atoms with Crippen LogP contribution in [0.15, 0.2) is 0 Å². The van der Waals surface area contributed by atoms with Gasteiger partial charge in [-0.2, -0.15) is 0 Å². The Morgan fingerprint density at radius 1 is 1.10 bits per heavy atom. The van der Waals surface area contributed by atoms with E-state index >= 15 is 0 Å². The van der Waals surface area contributed by atoms with Crippen molar-refractivity contribution in [2.24, 2.45) is 0 Å². The maximum atomic E-state index is 6.22. The van der Waals surface area contributed by atoms with Crippen molar-refractivity contribution in [3.05, 3.63) is 0 Å². The second-order valence-electron chi connectivity index (χ2n) is 7.42. The third-order valence-electron chi connectivity index (χ3n) is 2.65. The van der Waals surface area contributed by atoms with Crippen molar-refractivity contribution in [3.8, 4) is 0 Å². The van der Waals surface area contributed by atoms with Gasteiger partial charge in [0.05, 0.1) is 22.7 Å². The molecule has 0 bridgehead atoms. The molecule has 0 radical (unpaired) electrons. The molecular weight excluding hydrogens is 304 g/mol. The maximum Gasteiger partial charge on any atom is 0.186 e. The molecule has 120 valence electrons. The summed E-state index contributed by atoms with van der Waals surface area (Å²) in [6.45, 7) is 15.9. The van der Waals surface area contributed by atoms with Crippen LogP contribution in [0.25, 0.3) is 0 Å². The zero-order valence-corrected chi connectivity index (χ0v) is 17.4. The Labute approximate surface area is 128 Å². The Morgan fingerprint density at radius 3 is 2.10 bits per heavy atom. The summed E-state index contributed by atoms with van der Waals surface area (Å²) in [6, 6.07) is 1.23. The minimum Gasteiger partial charge on any atom is -0.398 e. The van der Waals surface area contributed by atoms with E-state index in [0.717, 1.165) is 26.2 Å². The Bertz CT molecular complexity index is 256. The second-order valence-corrected chi connectivity index (χ2v) is 18.3. The molecule has 0 saturated carbocycles. The summed E-state index contributed by atoms with van der Waals surface area (Å²) < 4.78 is 23.1. The van der Waals surface area contributed by atoms with Crippen LogP contribution in [-0.2, 0) is 18.3 Å². The summed E-state index contributed by atoms with van der Waals surface area (Å²) in [5.74, 6) is 0.111. The van der Waals surface area contributed by atoms with E-state index in [2.05, 4.69) is 39.3 Å². The molecule has 1 rings (SSSR count). The first-order valence-corrected chi connectivity index (χ1v) is 16.3. The van der Waals surface area contributed by atoms with E-state index in [9.17, 15) is 0 Å². The van der Waals surface area contributed by atoms with Crippen molar-refractivity contribution >= 4 is 26.2 Å². The number of epoxide rings is 1. The summed E-state index contributed by atoms with van der Waals surface area (Å²) in [6.07, 6.45) is 1.50. The van der Waals surface area contributed by atoms with Crippen molar-refractivity contribution in [1.29, 1.82) is 0 Å². The first-order valence-electron chi connectivity index (χ1n) is 7.71. The van der Waals surface area contributed by atoms with Crippen molar-refractivity contribution in [2.75, 3.05) is 19.8 Å². The highest BCUT2D eigenvalue weighted by molar-refractivity contribution is 6.71. The lowest BCUT2D eigenvalue weighted by Gasteiger charge is -2.31. The summed E-state index contributed by atoms with van der Waals surface area (Å²) >= 11 is 0. The fourth-order valence-electron chi connectivity index (χ4n) is 1.82. The number of hydrogen-bond acceptors (Lipinski definition) is 4. The molecule has 0 amide bonds. The van der Waals surface area contributed by atoms with E-state index in [1.807, 2.05) is 0 Å². The standard InChI is InChI=1S/C13H32O4Si3/c1-19(2,3)16-13(17-20(4,5)6)18-9-7-8-14-10-12-11-15-12/h12-13H,7-11,18H2,1-6H3. The number of ether oxygens (including phenoxy) is 2. The highest BCUT2D eigenvalue weighted by Gasteiger charge is 2.26. The van der Waals surface area contributed by atoms with Crippen molar-refractivity contribution < 1.29 is 18.3 Å². The lowest BCUT2D eigenvalue weighted by atomic mass is 10.5. The SMILES string of the molecule is C[Si](C)(C)OC(O[Si](C)(C)C)[SiH2]CCCOCC1CO1. The minimum absolute atomic E-state index is 0.111. The van der Waals surface area contributed by atoms with Gasteiger partial charge in [0.15, 0.2) is 16.6 Å². The smallest absolute Gasteiger partial charge is 0.186 e. The monoisotopic (exact) mass is 336 g/mol. The molecule has 1 atom stereocenters. The molecule has 1 unspecified atom stereocenters. The lowest BCUT2D eigenvalue weighted by Crippen LogP contribution is -2.43. The first kappa shape index (κ1) is 18.5. The van der Waals surface area contributed by atoms with Crippen LogP contribution in [0.3, 0.4) is 0 Å². The Hall–Kier alpha value is 0.491. The third kappa shape index (κ3) is 11.2. The first-order chi connectivity index (χ1) is 9.16. The molecule has 0 aromatic carbocycles. The van der Waals surface area contributed by atoms with Gasteiger partial charge in [-0.1, -0.05) is 6.04 Å². The van der Waals surface area contributed by atoms with Gasteiger partial charge in [0, 0.05) is 6.61 Å². The molecule has 1 aliphatic heterocycles. The molecule has 0 aromatic rings. The molecule has 20 heavy (non-hydrogen) atoms. The van der Waals surface area contributed by atoms with Crippen LogP contribution in [-0.4, -0.2) is 58.0 Å². The average Bonchev–Trinajstić information content (AvgIpc) is 3.01. The largest absolute Gasteiger partial charge is 0.398 e. The van der Waals surface area contributed by atoms with Gasteiger partial charge in [-0.05, 0) is 45.7 Å². The quantitative estimate of drug-likeness (QED) is 0.251. The molecule has 0 aliphatic carbocycles. The highest BCUT2D eigenvalue weighted by Crippen LogP contribution is 2.15. The molecule has 1 heterocycles. The third-order valence-corrected chi connectivity index (χ3v) is 6.97. The van der Waals surface area contributed by atoms with Crippen LogP contribution in [0.2, 0.25) is 45.3 Å². The van der Waals surface area contributed by atoms with Gasteiger partial charge in [0.2, 0.25) is 0 Å². The molecule has 0 aromatic heterocycles. The van der Waals surface area contributed by atoms with Crippen LogP contribution >= 0.6 is 0 Å². The maximum absolute atomic E-state index is 6.22. The molecule has 0 N–H and O–H groups in total. The van der Waals surface area contributed by atoms with Crippen molar-refractivity contribution in [1.82, 2.24) is 0 Å². The molecule has 1 aliphatic rings. The lowest BCUT2D eigenvalue weighted by molar-refractivity contribution is 0.0599. The van der Waals surface area contributed by atoms with Gasteiger partial charge in [-0.15, -0.1) is 0 Å². The topological polar surface area (TPSA) is 40.2 Å². The Kier molecular flexibility index (Phi) is 7.61. The predicted octanol–water partition coefficient (Wildman–Crippen LogP) is 2.37. The molecule has 4 nitrogen and oxygen atoms in total. The van der Waals surface area contributed by atoms with Gasteiger partial charge in [-0.3, -0.25) is 0 Å². The predicted molar refractivity (Wildman–Crippen MR) is 91.2 cm³/mol. The normalized spacial score (nSPS) is 20.2. The van der Waals surface area contributed by atoms with Crippen LogP contribution in [0.5, 0.6) is 0 Å². The van der Waals surface area contributed by atoms with E-state index in [-0.39, 0.29) is 15.4 Å². The van der Waals surface area contributed by atoms with Gasteiger partial charge in [-0.25, -0.2) is 0 Å². The zero-order chi connectivity index (χ0) is 15.2. The average molecular weight is 337 g/mol. The summed E-state index contributed by atoms with van der Waals surface area (Å²) in [5.41, 5.74) is 0. The van der Waals surface area contributed by atoms with Crippen LogP contribution < -0.4 is 0 Å². The minimum atomic E-state index is -1.52. The van der Waals surface area contributed by atoms with E-state index < -0.39 is 16.6 Å². The molecule has 7 heteroatoms. The van der Waals surface area contributed by atoms with Crippen molar-refractivity contribution in [2.45, 2.75) is 63.8 Å². The summed E-state index contributed by atoms with van der Waals surface area (Å²) in [7, 11) is -3.39. The van der Waals surface area contributed by atoms with E-state index in [1.54, 1.807) is 0 Å². The summed E-state index contributed by atoms with van der Waals surface area (Å²) in [5, 5.41) is 0. The fraction of sp³-hybridized carbons (Fsp3) is 1.00. The van der Waals surface area contributed by atoms with Gasteiger partial charge in [0.1, 0.15) is 12.0 Å². The van der Waals surface area contributed by atoms with Gasteiger partial charge in [0.25, 0.3) is 0 Å². The Balaban J connectivity index is 2.17. The van der Waals surface area contributed by atoms with E-state index in [4.69, 9.17) is 18.3 Å². The number of hydrogen-bond donors (Lipinski definition) is 0.